The Kier molecular flexibility index (Phi) is 4.16. The molecule has 2 rings (SSSR count). The fourth-order valence-corrected chi connectivity index (χ4v) is 2.67. The minimum atomic E-state index is -0.398. The van der Waals surface area contributed by atoms with Crippen molar-refractivity contribution in [3.05, 3.63) is 29.6 Å². The van der Waals surface area contributed by atoms with Crippen molar-refractivity contribution in [3.8, 4) is 6.07 Å². The van der Waals surface area contributed by atoms with Crippen molar-refractivity contribution in [1.82, 2.24) is 0 Å². The number of aliphatic hydroxyl groups excluding tert-OH is 1. The summed E-state index contributed by atoms with van der Waals surface area (Å²) in [6, 6.07) is 6.66. The molecule has 0 aromatic heterocycles. The fraction of sp³-hybridized carbons (Fsp3) is 0.500. The van der Waals surface area contributed by atoms with Crippen LogP contribution < -0.4 is 4.90 Å². The maximum atomic E-state index is 13.1. The van der Waals surface area contributed by atoms with Crippen molar-refractivity contribution in [2.24, 2.45) is 0 Å². The molecule has 0 spiro atoms. The van der Waals surface area contributed by atoms with E-state index in [4.69, 9.17) is 5.26 Å². The minimum Gasteiger partial charge on any atom is -0.395 e. The van der Waals surface area contributed by atoms with E-state index in [0.717, 1.165) is 18.5 Å². The molecule has 0 radical (unpaired) electrons. The van der Waals surface area contributed by atoms with Crippen LogP contribution in [0, 0.1) is 17.1 Å². The summed E-state index contributed by atoms with van der Waals surface area (Å²) in [6.07, 6.45) is 4.50. The van der Waals surface area contributed by atoms with Gasteiger partial charge in [-0.25, -0.2) is 4.39 Å². The van der Waals surface area contributed by atoms with Gasteiger partial charge in [-0.05, 0) is 31.0 Å². The second-order valence-corrected chi connectivity index (χ2v) is 4.63. The van der Waals surface area contributed by atoms with Gasteiger partial charge in [-0.3, -0.25) is 0 Å². The minimum absolute atomic E-state index is 0.0404. The maximum absolute atomic E-state index is 13.1. The van der Waals surface area contributed by atoms with Gasteiger partial charge < -0.3 is 10.0 Å². The SMILES string of the molecule is N#Cc1cc(F)ccc1N(CCO)C1CCCC1. The van der Waals surface area contributed by atoms with Gasteiger partial charge in [0.2, 0.25) is 0 Å². The topological polar surface area (TPSA) is 47.3 Å². The van der Waals surface area contributed by atoms with Gasteiger partial charge in [-0.1, -0.05) is 12.8 Å². The van der Waals surface area contributed by atoms with Crippen LogP contribution in [0.3, 0.4) is 0 Å². The van der Waals surface area contributed by atoms with E-state index in [9.17, 15) is 9.50 Å². The summed E-state index contributed by atoms with van der Waals surface area (Å²) in [5.41, 5.74) is 1.08. The normalized spacial score (nSPS) is 15.6. The van der Waals surface area contributed by atoms with Gasteiger partial charge in [-0.2, -0.15) is 5.26 Å². The third-order valence-electron chi connectivity index (χ3n) is 3.49. The van der Waals surface area contributed by atoms with E-state index in [2.05, 4.69) is 0 Å². The van der Waals surface area contributed by atoms with Crippen molar-refractivity contribution in [3.63, 3.8) is 0 Å². The molecule has 0 unspecified atom stereocenters. The highest BCUT2D eigenvalue weighted by molar-refractivity contribution is 5.60. The number of aliphatic hydroxyl groups is 1. The molecule has 0 heterocycles. The van der Waals surface area contributed by atoms with Crippen LogP contribution in [0.1, 0.15) is 31.2 Å². The molecule has 4 heteroatoms. The molecule has 1 fully saturated rings. The summed E-state index contributed by atoms with van der Waals surface area (Å²) in [6.45, 7) is 0.531. The largest absolute Gasteiger partial charge is 0.395 e. The van der Waals surface area contributed by atoms with Gasteiger partial charge in [-0.15, -0.1) is 0 Å². The lowest BCUT2D eigenvalue weighted by Crippen LogP contribution is -2.36. The summed E-state index contributed by atoms with van der Waals surface area (Å²) in [5, 5.41) is 18.3. The number of hydrogen-bond acceptors (Lipinski definition) is 3. The third-order valence-corrected chi connectivity index (χ3v) is 3.49. The Morgan fingerprint density at radius 1 is 1.39 bits per heavy atom. The molecule has 0 atom stereocenters. The maximum Gasteiger partial charge on any atom is 0.124 e. The van der Waals surface area contributed by atoms with Gasteiger partial charge in [0.15, 0.2) is 0 Å². The van der Waals surface area contributed by atoms with Crippen molar-refractivity contribution in [1.29, 1.82) is 5.26 Å². The van der Waals surface area contributed by atoms with E-state index >= 15 is 0 Å². The first-order chi connectivity index (χ1) is 8.76. The lowest BCUT2D eigenvalue weighted by atomic mass is 10.1. The Hall–Kier alpha value is -1.60. The molecule has 96 valence electrons. The van der Waals surface area contributed by atoms with Gasteiger partial charge in [0.25, 0.3) is 0 Å². The first kappa shape index (κ1) is 12.8. The third kappa shape index (κ3) is 2.62. The van der Waals surface area contributed by atoms with Crippen LogP contribution >= 0.6 is 0 Å². The molecule has 18 heavy (non-hydrogen) atoms. The number of rotatable bonds is 4. The van der Waals surface area contributed by atoms with Crippen molar-refractivity contribution in [2.75, 3.05) is 18.1 Å². The molecule has 1 aromatic rings. The van der Waals surface area contributed by atoms with Gasteiger partial charge in [0, 0.05) is 12.6 Å². The predicted molar refractivity (Wildman–Crippen MR) is 67.8 cm³/mol. The summed E-state index contributed by atoms with van der Waals surface area (Å²) in [4.78, 5) is 2.05. The van der Waals surface area contributed by atoms with E-state index in [1.54, 1.807) is 6.07 Å². The van der Waals surface area contributed by atoms with E-state index in [1.807, 2.05) is 11.0 Å². The molecule has 1 aliphatic carbocycles. The Bertz CT molecular complexity index is 450. The van der Waals surface area contributed by atoms with Gasteiger partial charge >= 0.3 is 0 Å². The monoisotopic (exact) mass is 248 g/mol. The predicted octanol–water partition coefficient (Wildman–Crippen LogP) is 2.44. The molecule has 1 saturated carbocycles. The molecule has 0 saturated heterocycles. The molecule has 0 bridgehead atoms. The van der Waals surface area contributed by atoms with E-state index in [0.29, 0.717) is 18.2 Å². The number of nitrogens with zero attached hydrogens (tertiary/aromatic N) is 2. The van der Waals surface area contributed by atoms with Crippen LogP contribution in [0.5, 0.6) is 0 Å². The van der Waals surface area contributed by atoms with Gasteiger partial charge in [0.05, 0.1) is 17.9 Å². The van der Waals surface area contributed by atoms with Crippen LogP contribution in [0.25, 0.3) is 0 Å². The quantitative estimate of drug-likeness (QED) is 0.890. The van der Waals surface area contributed by atoms with Crippen molar-refractivity contribution >= 4 is 5.69 Å². The average Bonchev–Trinajstić information content (AvgIpc) is 2.90. The smallest absolute Gasteiger partial charge is 0.124 e. The van der Waals surface area contributed by atoms with E-state index in [-0.39, 0.29) is 6.61 Å². The zero-order valence-electron chi connectivity index (χ0n) is 10.3. The zero-order valence-corrected chi connectivity index (χ0v) is 10.3. The average molecular weight is 248 g/mol. The van der Waals surface area contributed by atoms with Crippen molar-refractivity contribution < 1.29 is 9.50 Å². The van der Waals surface area contributed by atoms with Gasteiger partial charge in [0.1, 0.15) is 11.9 Å². The van der Waals surface area contributed by atoms with E-state index < -0.39 is 5.82 Å². The first-order valence-corrected chi connectivity index (χ1v) is 6.33. The number of nitriles is 1. The molecule has 0 aliphatic heterocycles. The summed E-state index contributed by atoms with van der Waals surface area (Å²) in [5.74, 6) is -0.398. The lowest BCUT2D eigenvalue weighted by molar-refractivity contribution is 0.297. The summed E-state index contributed by atoms with van der Waals surface area (Å²) in [7, 11) is 0. The Labute approximate surface area is 106 Å². The second kappa shape index (κ2) is 5.83. The Balaban J connectivity index is 2.32. The fourth-order valence-electron chi connectivity index (χ4n) is 2.67. The lowest BCUT2D eigenvalue weighted by Gasteiger charge is -2.31. The summed E-state index contributed by atoms with van der Waals surface area (Å²) >= 11 is 0. The molecular formula is C14H17FN2O. The zero-order chi connectivity index (χ0) is 13.0. The highest BCUT2D eigenvalue weighted by atomic mass is 19.1. The standard InChI is InChI=1S/C14H17FN2O/c15-12-5-6-14(11(9-12)10-16)17(7-8-18)13-3-1-2-4-13/h5-6,9,13,18H,1-4,7-8H2. The number of hydrogen-bond donors (Lipinski definition) is 1. The molecule has 1 N–H and O–H groups in total. The van der Waals surface area contributed by atoms with Crippen LogP contribution in [-0.2, 0) is 0 Å². The van der Waals surface area contributed by atoms with Crippen LogP contribution in [-0.4, -0.2) is 24.3 Å². The number of halogens is 1. The number of benzene rings is 1. The highest BCUT2D eigenvalue weighted by Gasteiger charge is 2.24. The molecule has 1 aliphatic rings. The molecule has 0 amide bonds. The molecule has 1 aromatic carbocycles. The second-order valence-electron chi connectivity index (χ2n) is 4.63. The van der Waals surface area contributed by atoms with Crippen LogP contribution in [0.4, 0.5) is 10.1 Å². The molecular weight excluding hydrogens is 231 g/mol. The van der Waals surface area contributed by atoms with E-state index in [1.165, 1.54) is 25.0 Å². The van der Waals surface area contributed by atoms with Crippen LogP contribution in [0.15, 0.2) is 18.2 Å². The van der Waals surface area contributed by atoms with Crippen LogP contribution in [0.2, 0.25) is 0 Å². The van der Waals surface area contributed by atoms with Crippen molar-refractivity contribution in [2.45, 2.75) is 31.7 Å². The Morgan fingerprint density at radius 2 is 2.11 bits per heavy atom. The highest BCUT2D eigenvalue weighted by Crippen LogP contribution is 2.30. The Morgan fingerprint density at radius 3 is 2.72 bits per heavy atom. The first-order valence-electron chi connectivity index (χ1n) is 6.33. The summed E-state index contributed by atoms with van der Waals surface area (Å²) < 4.78 is 13.1. The molecule has 3 nitrogen and oxygen atoms in total. The number of anilines is 1.